The van der Waals surface area contributed by atoms with Crippen LogP contribution in [0.3, 0.4) is 0 Å². The summed E-state index contributed by atoms with van der Waals surface area (Å²) in [7, 11) is 3.27. The maximum Gasteiger partial charge on any atom is 0.145 e. The average molecular weight is 374 g/mol. The lowest BCUT2D eigenvalue weighted by Gasteiger charge is -2.12. The number of fused-ring (bicyclic) bond motifs is 1. The van der Waals surface area contributed by atoms with E-state index in [1.807, 2.05) is 12.1 Å². The fraction of sp³-hybridized carbons (Fsp3) is 0.400. The fourth-order valence-corrected chi connectivity index (χ4v) is 3.34. The number of ether oxygens (including phenoxy) is 1. The Morgan fingerprint density at radius 3 is 2.54 bits per heavy atom. The van der Waals surface area contributed by atoms with Gasteiger partial charge in [0.25, 0.3) is 0 Å². The molecule has 138 valence electrons. The highest BCUT2D eigenvalue weighted by atomic mass is 35.5. The first-order valence-corrected chi connectivity index (χ1v) is 9.30. The third-order valence-corrected chi connectivity index (χ3v) is 4.74. The molecule has 5 nitrogen and oxygen atoms in total. The molecular weight excluding hydrogens is 350 g/mol. The van der Waals surface area contributed by atoms with Crippen LogP contribution in [0, 0.1) is 0 Å². The Labute approximate surface area is 158 Å². The molecule has 0 amide bonds. The minimum atomic E-state index is 0.590. The van der Waals surface area contributed by atoms with Gasteiger partial charge in [0.05, 0.1) is 17.6 Å². The predicted octanol–water partition coefficient (Wildman–Crippen LogP) is 4.72. The van der Waals surface area contributed by atoms with Gasteiger partial charge in [-0.05, 0) is 37.1 Å². The number of methoxy groups -OCH3 is 1. The lowest BCUT2D eigenvalue weighted by Crippen LogP contribution is -2.10. The topological polar surface area (TPSA) is 49.2 Å². The first kappa shape index (κ1) is 18.5. The third-order valence-electron chi connectivity index (χ3n) is 4.43. The van der Waals surface area contributed by atoms with Crippen molar-refractivity contribution in [1.29, 1.82) is 0 Å². The van der Waals surface area contributed by atoms with Crippen molar-refractivity contribution in [2.75, 3.05) is 14.2 Å². The second-order valence-corrected chi connectivity index (χ2v) is 6.54. The fourth-order valence-electron chi connectivity index (χ4n) is 3.08. The highest BCUT2D eigenvalue weighted by Gasteiger charge is 2.19. The lowest BCUT2D eigenvalue weighted by molar-refractivity contribution is 0.169. The highest BCUT2D eigenvalue weighted by molar-refractivity contribution is 6.33. The smallest absolute Gasteiger partial charge is 0.145 e. The molecule has 0 bridgehead atoms. The molecule has 3 aromatic rings. The van der Waals surface area contributed by atoms with Gasteiger partial charge >= 0.3 is 0 Å². The molecule has 6 heteroatoms. The molecule has 0 aliphatic heterocycles. The van der Waals surface area contributed by atoms with Crippen molar-refractivity contribution < 1.29 is 9.57 Å². The normalized spacial score (nSPS) is 11.1. The van der Waals surface area contributed by atoms with E-state index in [4.69, 9.17) is 31.1 Å². The lowest BCUT2D eigenvalue weighted by atomic mass is 10.1. The minimum absolute atomic E-state index is 0.590. The molecule has 2 aromatic heterocycles. The molecule has 0 saturated heterocycles. The predicted molar refractivity (Wildman–Crippen MR) is 105 cm³/mol. The summed E-state index contributed by atoms with van der Waals surface area (Å²) < 4.78 is 7.02. The van der Waals surface area contributed by atoms with Crippen LogP contribution in [0.5, 0.6) is 5.75 Å². The van der Waals surface area contributed by atoms with Crippen molar-refractivity contribution in [2.45, 2.75) is 39.5 Å². The first-order valence-electron chi connectivity index (χ1n) is 8.92. The maximum absolute atomic E-state index is 6.55. The summed E-state index contributed by atoms with van der Waals surface area (Å²) in [5.41, 5.74) is 4.37. The van der Waals surface area contributed by atoms with Gasteiger partial charge in [-0.3, -0.25) is 4.98 Å². The van der Waals surface area contributed by atoms with Crippen molar-refractivity contribution in [3.63, 3.8) is 0 Å². The van der Waals surface area contributed by atoms with Crippen LogP contribution in [-0.2, 0) is 12.8 Å². The van der Waals surface area contributed by atoms with E-state index in [0.29, 0.717) is 10.8 Å². The number of pyridine rings is 1. The number of imidazole rings is 1. The Morgan fingerprint density at radius 2 is 1.92 bits per heavy atom. The second kappa shape index (κ2) is 7.96. The van der Waals surface area contributed by atoms with E-state index in [2.05, 4.69) is 19.9 Å². The number of aryl methyl sites for hydroxylation is 2. The van der Waals surface area contributed by atoms with Gasteiger partial charge in [0.1, 0.15) is 29.9 Å². The number of hydrogen-bond donors (Lipinski definition) is 0. The monoisotopic (exact) mass is 373 g/mol. The van der Waals surface area contributed by atoms with Gasteiger partial charge in [0, 0.05) is 17.7 Å². The molecule has 0 spiro atoms. The molecule has 0 aliphatic carbocycles. The van der Waals surface area contributed by atoms with Crippen molar-refractivity contribution in [2.24, 2.45) is 0 Å². The summed E-state index contributed by atoms with van der Waals surface area (Å²) in [5, 5.41) is 0.590. The Hall–Kier alpha value is -2.27. The van der Waals surface area contributed by atoms with E-state index in [1.54, 1.807) is 25.0 Å². The van der Waals surface area contributed by atoms with Gasteiger partial charge in [-0.1, -0.05) is 31.9 Å². The molecule has 0 saturated carbocycles. The van der Waals surface area contributed by atoms with Crippen LogP contribution < -0.4 is 9.57 Å². The van der Waals surface area contributed by atoms with Gasteiger partial charge in [0.15, 0.2) is 0 Å². The second-order valence-electron chi connectivity index (χ2n) is 6.14. The van der Waals surface area contributed by atoms with Crippen molar-refractivity contribution in [3.05, 3.63) is 40.8 Å². The largest absolute Gasteiger partial charge is 0.497 e. The SMILES string of the molecule is CCCCc1cc2nc(CC)n(OC)c2c(-c2ccc(OC)cc2Cl)n1. The van der Waals surface area contributed by atoms with Crippen LogP contribution in [0.15, 0.2) is 24.3 Å². The van der Waals surface area contributed by atoms with Gasteiger partial charge < -0.3 is 9.57 Å². The molecule has 26 heavy (non-hydrogen) atoms. The Morgan fingerprint density at radius 1 is 1.12 bits per heavy atom. The van der Waals surface area contributed by atoms with Gasteiger partial charge in [0.2, 0.25) is 0 Å². The average Bonchev–Trinajstić information content (AvgIpc) is 3.03. The van der Waals surface area contributed by atoms with E-state index in [9.17, 15) is 0 Å². The molecule has 0 atom stereocenters. The zero-order valence-electron chi connectivity index (χ0n) is 15.7. The number of hydrogen-bond acceptors (Lipinski definition) is 4. The number of nitrogens with zero attached hydrogens (tertiary/aromatic N) is 3. The van der Waals surface area contributed by atoms with Crippen molar-refractivity contribution >= 4 is 22.6 Å². The molecule has 0 radical (unpaired) electrons. The summed E-state index contributed by atoms with van der Waals surface area (Å²) in [5.74, 6) is 1.58. The van der Waals surface area contributed by atoms with Crippen LogP contribution in [0.1, 0.15) is 38.2 Å². The molecule has 0 unspecified atom stereocenters. The van der Waals surface area contributed by atoms with Gasteiger partial charge in [-0.25, -0.2) is 4.98 Å². The van der Waals surface area contributed by atoms with Crippen LogP contribution in [-0.4, -0.2) is 28.9 Å². The van der Waals surface area contributed by atoms with Gasteiger partial charge in [-0.15, -0.1) is 0 Å². The zero-order chi connectivity index (χ0) is 18.7. The number of aromatic nitrogens is 3. The van der Waals surface area contributed by atoms with Gasteiger partial charge in [-0.2, -0.15) is 4.73 Å². The van der Waals surface area contributed by atoms with E-state index in [-0.39, 0.29) is 0 Å². The minimum Gasteiger partial charge on any atom is -0.497 e. The van der Waals surface area contributed by atoms with Crippen LogP contribution in [0.2, 0.25) is 5.02 Å². The summed E-state index contributed by atoms with van der Waals surface area (Å²) in [6.45, 7) is 4.23. The standard InChI is InChI=1S/C20H24ClN3O2/c1-5-7-8-13-11-17-20(24(26-4)18(6-2)23-17)19(22-13)15-10-9-14(25-3)12-16(15)21/h9-12H,5-8H2,1-4H3. The Bertz CT molecular complexity index is 921. The van der Waals surface area contributed by atoms with Crippen LogP contribution in [0.4, 0.5) is 0 Å². The maximum atomic E-state index is 6.55. The Balaban J connectivity index is 2.28. The number of unbranched alkanes of at least 4 members (excludes halogenated alkanes) is 1. The van der Waals surface area contributed by atoms with Crippen molar-refractivity contribution in [1.82, 2.24) is 14.7 Å². The number of benzene rings is 1. The molecule has 2 heterocycles. The highest BCUT2D eigenvalue weighted by Crippen LogP contribution is 2.35. The first-order chi connectivity index (χ1) is 12.6. The van der Waals surface area contributed by atoms with Crippen molar-refractivity contribution in [3.8, 4) is 17.0 Å². The van der Waals surface area contributed by atoms with E-state index >= 15 is 0 Å². The van der Waals surface area contributed by atoms with E-state index in [0.717, 1.165) is 59.5 Å². The zero-order valence-corrected chi connectivity index (χ0v) is 16.4. The van der Waals surface area contributed by atoms with E-state index in [1.165, 1.54) is 0 Å². The Kier molecular flexibility index (Phi) is 5.67. The quantitative estimate of drug-likeness (QED) is 0.601. The molecule has 1 aromatic carbocycles. The summed E-state index contributed by atoms with van der Waals surface area (Å²) >= 11 is 6.55. The summed E-state index contributed by atoms with van der Waals surface area (Å²) in [6, 6.07) is 7.69. The molecule has 0 aliphatic rings. The van der Waals surface area contributed by atoms with E-state index < -0.39 is 0 Å². The van der Waals surface area contributed by atoms with Crippen LogP contribution >= 0.6 is 11.6 Å². The number of rotatable bonds is 7. The molecule has 3 rings (SSSR count). The summed E-state index contributed by atoms with van der Waals surface area (Å²) in [6.07, 6.45) is 3.88. The molecule has 0 fully saturated rings. The third kappa shape index (κ3) is 3.36. The molecular formula is C20H24ClN3O2. The molecule has 0 N–H and O–H groups in total. The number of halogens is 1. The summed E-state index contributed by atoms with van der Waals surface area (Å²) in [4.78, 5) is 15.3. The van der Waals surface area contributed by atoms with Crippen LogP contribution in [0.25, 0.3) is 22.3 Å².